The van der Waals surface area contributed by atoms with E-state index in [1.165, 1.54) is 17.5 Å². The molecule has 142 valence electrons. The SMILES string of the molecule is COc1cc(CN(CCN)c2nc3ccccc3s2)ccc1OCC1CC1. The molecule has 0 aliphatic heterocycles. The summed E-state index contributed by atoms with van der Waals surface area (Å²) < 4.78 is 12.7. The number of aromatic nitrogens is 1. The first-order valence-corrected chi connectivity index (χ1v) is 10.2. The Kier molecular flexibility index (Phi) is 5.45. The number of rotatable bonds is 9. The van der Waals surface area contributed by atoms with Gasteiger partial charge in [0, 0.05) is 19.6 Å². The zero-order chi connectivity index (χ0) is 18.6. The van der Waals surface area contributed by atoms with E-state index < -0.39 is 0 Å². The van der Waals surface area contributed by atoms with Crippen LogP contribution < -0.4 is 20.1 Å². The summed E-state index contributed by atoms with van der Waals surface area (Å²) in [4.78, 5) is 7.00. The van der Waals surface area contributed by atoms with Crippen LogP contribution in [0.3, 0.4) is 0 Å². The average Bonchev–Trinajstić information content (AvgIpc) is 3.42. The Labute approximate surface area is 163 Å². The van der Waals surface area contributed by atoms with Crippen molar-refractivity contribution in [3.8, 4) is 11.5 Å². The number of para-hydroxylation sites is 1. The Morgan fingerprint density at radius 3 is 2.78 bits per heavy atom. The highest BCUT2D eigenvalue weighted by atomic mass is 32.1. The number of nitrogens with two attached hydrogens (primary N) is 1. The minimum atomic E-state index is 0.579. The number of anilines is 1. The fourth-order valence-electron chi connectivity index (χ4n) is 3.04. The predicted molar refractivity (Wildman–Crippen MR) is 111 cm³/mol. The molecule has 1 aliphatic carbocycles. The van der Waals surface area contributed by atoms with Crippen molar-refractivity contribution in [3.05, 3.63) is 48.0 Å². The minimum absolute atomic E-state index is 0.579. The van der Waals surface area contributed by atoms with Gasteiger partial charge >= 0.3 is 0 Å². The van der Waals surface area contributed by atoms with Gasteiger partial charge in [-0.15, -0.1) is 0 Å². The van der Waals surface area contributed by atoms with Gasteiger partial charge in [-0.2, -0.15) is 0 Å². The van der Waals surface area contributed by atoms with Crippen LogP contribution in [0.4, 0.5) is 5.13 Å². The van der Waals surface area contributed by atoms with Crippen LogP contribution in [-0.2, 0) is 6.54 Å². The molecule has 1 aliphatic rings. The summed E-state index contributed by atoms with van der Waals surface area (Å²) in [5.74, 6) is 2.32. The van der Waals surface area contributed by atoms with E-state index in [2.05, 4.69) is 23.1 Å². The Balaban J connectivity index is 1.53. The topological polar surface area (TPSA) is 60.6 Å². The molecule has 1 fully saturated rings. The van der Waals surface area contributed by atoms with Gasteiger partial charge in [0.05, 0.1) is 23.9 Å². The van der Waals surface area contributed by atoms with Crippen molar-refractivity contribution >= 4 is 26.7 Å². The number of fused-ring (bicyclic) bond motifs is 1. The van der Waals surface area contributed by atoms with Crippen LogP contribution in [0.5, 0.6) is 11.5 Å². The van der Waals surface area contributed by atoms with Crippen LogP contribution in [0, 0.1) is 5.92 Å². The molecule has 27 heavy (non-hydrogen) atoms. The van der Waals surface area contributed by atoms with Crippen molar-refractivity contribution in [3.63, 3.8) is 0 Å². The number of ether oxygens (including phenoxy) is 2. The monoisotopic (exact) mass is 383 g/mol. The smallest absolute Gasteiger partial charge is 0.186 e. The maximum atomic E-state index is 5.92. The molecule has 1 heterocycles. The van der Waals surface area contributed by atoms with Crippen LogP contribution in [0.2, 0.25) is 0 Å². The Morgan fingerprint density at radius 2 is 2.04 bits per heavy atom. The zero-order valence-corrected chi connectivity index (χ0v) is 16.4. The molecule has 0 spiro atoms. The summed E-state index contributed by atoms with van der Waals surface area (Å²) in [5.41, 5.74) is 8.04. The van der Waals surface area contributed by atoms with E-state index in [-0.39, 0.29) is 0 Å². The van der Waals surface area contributed by atoms with Gasteiger partial charge < -0.3 is 20.1 Å². The van der Waals surface area contributed by atoms with Gasteiger partial charge in [-0.25, -0.2) is 4.98 Å². The first-order chi connectivity index (χ1) is 13.3. The second kappa shape index (κ2) is 8.15. The normalized spacial score (nSPS) is 13.7. The molecular weight excluding hydrogens is 358 g/mol. The molecule has 3 aromatic rings. The molecule has 4 rings (SSSR count). The second-order valence-corrected chi connectivity index (χ2v) is 7.92. The molecular formula is C21H25N3O2S. The molecule has 2 N–H and O–H groups in total. The third-order valence-electron chi connectivity index (χ3n) is 4.73. The van der Waals surface area contributed by atoms with Gasteiger partial charge in [-0.05, 0) is 48.6 Å². The Morgan fingerprint density at radius 1 is 1.19 bits per heavy atom. The number of thiazole rings is 1. The highest BCUT2D eigenvalue weighted by molar-refractivity contribution is 7.22. The van der Waals surface area contributed by atoms with Crippen LogP contribution in [0.1, 0.15) is 18.4 Å². The van der Waals surface area contributed by atoms with Crippen LogP contribution in [0.25, 0.3) is 10.2 Å². The summed E-state index contributed by atoms with van der Waals surface area (Å²) in [5, 5.41) is 0.995. The van der Waals surface area contributed by atoms with Gasteiger partial charge in [0.25, 0.3) is 0 Å². The molecule has 0 unspecified atom stereocenters. The highest BCUT2D eigenvalue weighted by Gasteiger charge is 2.22. The summed E-state index contributed by atoms with van der Waals surface area (Å²) in [7, 11) is 1.69. The summed E-state index contributed by atoms with van der Waals surface area (Å²) in [6.07, 6.45) is 2.55. The van der Waals surface area contributed by atoms with Crippen LogP contribution >= 0.6 is 11.3 Å². The molecule has 0 bridgehead atoms. The molecule has 1 aromatic heterocycles. The largest absolute Gasteiger partial charge is 0.493 e. The molecule has 6 heteroatoms. The quantitative estimate of drug-likeness (QED) is 0.604. The van der Waals surface area contributed by atoms with Crippen molar-refractivity contribution in [1.29, 1.82) is 0 Å². The standard InChI is InChI=1S/C21H25N3O2S/c1-25-19-12-16(8-9-18(19)26-14-15-6-7-15)13-24(11-10-22)21-23-17-4-2-3-5-20(17)27-21/h2-5,8-9,12,15H,6-7,10-11,13-14,22H2,1H3. The lowest BCUT2D eigenvalue weighted by Gasteiger charge is -2.22. The maximum Gasteiger partial charge on any atom is 0.186 e. The lowest BCUT2D eigenvalue weighted by atomic mass is 10.2. The molecule has 0 radical (unpaired) electrons. The summed E-state index contributed by atoms with van der Waals surface area (Å²) >= 11 is 1.70. The third-order valence-corrected chi connectivity index (χ3v) is 5.82. The Hall–Kier alpha value is -2.31. The fraction of sp³-hybridized carbons (Fsp3) is 0.381. The Bertz CT molecular complexity index is 874. The van der Waals surface area contributed by atoms with E-state index in [1.807, 2.05) is 24.3 Å². The molecule has 0 atom stereocenters. The third kappa shape index (κ3) is 4.34. The maximum absolute atomic E-state index is 5.92. The first kappa shape index (κ1) is 18.1. The van der Waals surface area contributed by atoms with Crippen molar-refractivity contribution in [2.45, 2.75) is 19.4 Å². The lowest BCUT2D eigenvalue weighted by Crippen LogP contribution is -2.28. The number of methoxy groups -OCH3 is 1. The molecule has 0 amide bonds. The molecule has 1 saturated carbocycles. The number of benzene rings is 2. The van der Waals surface area contributed by atoms with E-state index in [4.69, 9.17) is 20.2 Å². The van der Waals surface area contributed by atoms with Crippen molar-refractivity contribution in [2.24, 2.45) is 11.7 Å². The van der Waals surface area contributed by atoms with Crippen LogP contribution in [0.15, 0.2) is 42.5 Å². The van der Waals surface area contributed by atoms with E-state index in [9.17, 15) is 0 Å². The highest BCUT2D eigenvalue weighted by Crippen LogP contribution is 2.34. The van der Waals surface area contributed by atoms with Crippen LogP contribution in [-0.4, -0.2) is 31.8 Å². The minimum Gasteiger partial charge on any atom is -0.493 e. The van der Waals surface area contributed by atoms with Gasteiger partial charge in [0.15, 0.2) is 16.6 Å². The molecule has 5 nitrogen and oxygen atoms in total. The molecule has 0 saturated heterocycles. The second-order valence-electron chi connectivity index (χ2n) is 6.91. The van der Waals surface area contributed by atoms with Gasteiger partial charge in [-0.1, -0.05) is 29.5 Å². The fourth-order valence-corrected chi connectivity index (χ4v) is 4.03. The number of nitrogens with zero attached hydrogens (tertiary/aromatic N) is 2. The predicted octanol–water partition coefficient (Wildman–Crippen LogP) is 4.06. The lowest BCUT2D eigenvalue weighted by molar-refractivity contribution is 0.280. The summed E-state index contributed by atoms with van der Waals surface area (Å²) in [6.45, 7) is 2.84. The first-order valence-electron chi connectivity index (χ1n) is 9.37. The van der Waals surface area contributed by atoms with Crippen molar-refractivity contribution in [2.75, 3.05) is 31.7 Å². The zero-order valence-electron chi connectivity index (χ0n) is 15.6. The number of hydrogen-bond donors (Lipinski definition) is 1. The average molecular weight is 384 g/mol. The van der Waals surface area contributed by atoms with E-state index in [1.54, 1.807) is 18.4 Å². The molecule has 2 aromatic carbocycles. The van der Waals surface area contributed by atoms with Crippen molar-refractivity contribution < 1.29 is 9.47 Å². The number of hydrogen-bond acceptors (Lipinski definition) is 6. The van der Waals surface area contributed by atoms with Gasteiger partial charge in [0.2, 0.25) is 0 Å². The van der Waals surface area contributed by atoms with E-state index in [0.29, 0.717) is 12.5 Å². The van der Waals surface area contributed by atoms with E-state index in [0.717, 1.165) is 47.4 Å². The van der Waals surface area contributed by atoms with Gasteiger partial charge in [-0.3, -0.25) is 0 Å². The van der Waals surface area contributed by atoms with Gasteiger partial charge in [0.1, 0.15) is 0 Å². The van der Waals surface area contributed by atoms with Crippen molar-refractivity contribution in [1.82, 2.24) is 4.98 Å². The summed E-state index contributed by atoms with van der Waals surface area (Å²) in [6, 6.07) is 14.4. The van der Waals surface area contributed by atoms with E-state index >= 15 is 0 Å².